The molecule has 0 radical (unpaired) electrons. The highest BCUT2D eigenvalue weighted by Gasteiger charge is 2.09. The molecule has 0 heterocycles. The maximum Gasteiger partial charge on any atom is 0.344 e. The van der Waals surface area contributed by atoms with Gasteiger partial charge in [0.1, 0.15) is 12.0 Å². The number of aldehydes is 1. The van der Waals surface area contributed by atoms with E-state index in [0.29, 0.717) is 28.3 Å². The molecule has 0 fully saturated rings. The SMILES string of the molecule is O=Cc1ccc(OCC(=O)OCC(=O)Nc2cccc(Cl)c2)cc1. The molecule has 2 aromatic rings. The average molecular weight is 348 g/mol. The quantitative estimate of drug-likeness (QED) is 0.615. The molecule has 6 nitrogen and oxygen atoms in total. The first-order chi connectivity index (χ1) is 11.6. The zero-order valence-electron chi connectivity index (χ0n) is 12.5. The Balaban J connectivity index is 1.72. The fourth-order valence-corrected chi connectivity index (χ4v) is 1.93. The summed E-state index contributed by atoms with van der Waals surface area (Å²) >= 11 is 5.80. The molecule has 0 saturated heterocycles. The van der Waals surface area contributed by atoms with Crippen LogP contribution in [-0.2, 0) is 14.3 Å². The van der Waals surface area contributed by atoms with Gasteiger partial charge in [-0.15, -0.1) is 0 Å². The van der Waals surface area contributed by atoms with E-state index in [-0.39, 0.29) is 6.61 Å². The first-order valence-corrected chi connectivity index (χ1v) is 7.34. The van der Waals surface area contributed by atoms with Crippen molar-refractivity contribution in [1.29, 1.82) is 0 Å². The van der Waals surface area contributed by atoms with Gasteiger partial charge in [0.25, 0.3) is 5.91 Å². The molecular weight excluding hydrogens is 334 g/mol. The van der Waals surface area contributed by atoms with Gasteiger partial charge in [0.15, 0.2) is 13.2 Å². The first-order valence-electron chi connectivity index (χ1n) is 6.96. The number of benzene rings is 2. The number of nitrogens with one attached hydrogen (secondary N) is 1. The molecule has 0 aliphatic rings. The van der Waals surface area contributed by atoms with Crippen LogP contribution in [0.1, 0.15) is 10.4 Å². The van der Waals surface area contributed by atoms with Gasteiger partial charge in [0, 0.05) is 16.3 Å². The Morgan fingerprint density at radius 1 is 1.08 bits per heavy atom. The Morgan fingerprint density at radius 2 is 1.83 bits per heavy atom. The van der Waals surface area contributed by atoms with E-state index in [1.54, 1.807) is 48.5 Å². The van der Waals surface area contributed by atoms with E-state index in [0.717, 1.165) is 0 Å². The van der Waals surface area contributed by atoms with E-state index < -0.39 is 18.5 Å². The molecule has 0 bridgehead atoms. The summed E-state index contributed by atoms with van der Waals surface area (Å²) in [5.41, 5.74) is 1.01. The van der Waals surface area contributed by atoms with Crippen LogP contribution >= 0.6 is 11.6 Å². The molecule has 0 aromatic heterocycles. The molecular formula is C17H14ClNO5. The van der Waals surface area contributed by atoms with Gasteiger partial charge in [-0.1, -0.05) is 17.7 Å². The van der Waals surface area contributed by atoms with Gasteiger partial charge in [-0.3, -0.25) is 9.59 Å². The van der Waals surface area contributed by atoms with Crippen LogP contribution in [0.4, 0.5) is 5.69 Å². The molecule has 24 heavy (non-hydrogen) atoms. The highest BCUT2D eigenvalue weighted by molar-refractivity contribution is 6.30. The van der Waals surface area contributed by atoms with E-state index in [1.807, 2.05) is 0 Å². The van der Waals surface area contributed by atoms with Gasteiger partial charge in [0.05, 0.1) is 0 Å². The minimum atomic E-state index is -0.685. The molecule has 0 unspecified atom stereocenters. The highest BCUT2D eigenvalue weighted by atomic mass is 35.5. The Morgan fingerprint density at radius 3 is 2.50 bits per heavy atom. The van der Waals surface area contributed by atoms with Crippen molar-refractivity contribution in [1.82, 2.24) is 0 Å². The van der Waals surface area contributed by atoms with Gasteiger partial charge >= 0.3 is 5.97 Å². The largest absolute Gasteiger partial charge is 0.482 e. The summed E-state index contributed by atoms with van der Waals surface area (Å²) in [6.07, 6.45) is 0.705. The lowest BCUT2D eigenvalue weighted by Gasteiger charge is -2.08. The molecule has 1 N–H and O–H groups in total. The van der Waals surface area contributed by atoms with Crippen molar-refractivity contribution in [2.75, 3.05) is 18.5 Å². The maximum absolute atomic E-state index is 11.7. The number of ether oxygens (including phenoxy) is 2. The fraction of sp³-hybridized carbons (Fsp3) is 0.118. The van der Waals surface area contributed by atoms with E-state index >= 15 is 0 Å². The van der Waals surface area contributed by atoms with Crippen molar-refractivity contribution >= 4 is 35.5 Å². The predicted octanol–water partition coefficient (Wildman–Crippen LogP) is 2.71. The number of halogens is 1. The molecule has 0 spiro atoms. The molecule has 0 aliphatic carbocycles. The van der Waals surface area contributed by atoms with E-state index in [1.165, 1.54) is 0 Å². The molecule has 2 rings (SSSR count). The van der Waals surface area contributed by atoms with Crippen LogP contribution in [0.3, 0.4) is 0 Å². The standard InChI is InChI=1S/C17H14ClNO5/c18-13-2-1-3-14(8-13)19-16(21)10-24-17(22)11-23-15-6-4-12(9-20)5-7-15/h1-9H,10-11H2,(H,19,21). The number of rotatable bonds is 7. The maximum atomic E-state index is 11.7. The molecule has 7 heteroatoms. The highest BCUT2D eigenvalue weighted by Crippen LogP contribution is 2.14. The molecule has 0 atom stereocenters. The fourth-order valence-electron chi connectivity index (χ4n) is 1.74. The summed E-state index contributed by atoms with van der Waals surface area (Å²) in [6.45, 7) is -0.774. The van der Waals surface area contributed by atoms with Crippen molar-refractivity contribution < 1.29 is 23.9 Å². The Bertz CT molecular complexity index is 730. The lowest BCUT2D eigenvalue weighted by atomic mass is 10.2. The van der Waals surface area contributed by atoms with Crippen LogP contribution < -0.4 is 10.1 Å². The Labute approximate surface area is 143 Å². The van der Waals surface area contributed by atoms with Crippen LogP contribution in [0.2, 0.25) is 5.02 Å². The second-order valence-corrected chi connectivity index (χ2v) is 5.13. The molecule has 124 valence electrons. The molecule has 0 saturated carbocycles. The van der Waals surface area contributed by atoms with Crippen molar-refractivity contribution in [2.45, 2.75) is 0 Å². The third kappa shape index (κ3) is 5.73. The summed E-state index contributed by atoms with van der Waals surface area (Å²) in [7, 11) is 0. The zero-order valence-corrected chi connectivity index (χ0v) is 13.3. The number of carbonyl (C=O) groups excluding carboxylic acids is 3. The van der Waals surface area contributed by atoms with Gasteiger partial charge in [0.2, 0.25) is 0 Å². The van der Waals surface area contributed by atoms with Crippen LogP contribution in [0, 0.1) is 0 Å². The minimum Gasteiger partial charge on any atom is -0.482 e. The van der Waals surface area contributed by atoms with Gasteiger partial charge in [-0.25, -0.2) is 4.79 Å². The van der Waals surface area contributed by atoms with Crippen LogP contribution in [0.5, 0.6) is 5.75 Å². The number of carbonyl (C=O) groups is 3. The minimum absolute atomic E-state index is 0.342. The summed E-state index contributed by atoms with van der Waals surface area (Å²) in [4.78, 5) is 33.7. The summed E-state index contributed by atoms with van der Waals surface area (Å²) in [6, 6.07) is 12.8. The second-order valence-electron chi connectivity index (χ2n) is 4.69. The zero-order chi connectivity index (χ0) is 17.4. The topological polar surface area (TPSA) is 81.7 Å². The summed E-state index contributed by atoms with van der Waals surface area (Å²) in [5, 5.41) is 3.04. The first kappa shape index (κ1) is 17.5. The van der Waals surface area contributed by atoms with Gasteiger partial charge in [-0.05, 0) is 42.5 Å². The number of hydrogen-bond acceptors (Lipinski definition) is 5. The van der Waals surface area contributed by atoms with E-state index in [9.17, 15) is 14.4 Å². The van der Waals surface area contributed by atoms with Crippen molar-refractivity contribution in [3.8, 4) is 5.75 Å². The normalized spacial score (nSPS) is 9.88. The van der Waals surface area contributed by atoms with Crippen molar-refractivity contribution in [2.24, 2.45) is 0 Å². The van der Waals surface area contributed by atoms with Crippen LogP contribution in [0.25, 0.3) is 0 Å². The van der Waals surface area contributed by atoms with Gasteiger partial charge in [-0.2, -0.15) is 0 Å². The predicted molar refractivity (Wildman–Crippen MR) is 88.4 cm³/mol. The van der Waals surface area contributed by atoms with E-state index in [2.05, 4.69) is 5.32 Å². The number of anilines is 1. The lowest BCUT2D eigenvalue weighted by molar-refractivity contribution is -0.149. The second kappa shape index (κ2) is 8.69. The Hall–Kier alpha value is -2.86. The number of amides is 1. The summed E-state index contributed by atoms with van der Waals surface area (Å²) < 4.78 is 10.0. The van der Waals surface area contributed by atoms with Crippen molar-refractivity contribution in [3.63, 3.8) is 0 Å². The van der Waals surface area contributed by atoms with Crippen molar-refractivity contribution in [3.05, 3.63) is 59.1 Å². The Kier molecular flexibility index (Phi) is 6.33. The number of hydrogen-bond donors (Lipinski definition) is 1. The van der Waals surface area contributed by atoms with Crippen LogP contribution in [0.15, 0.2) is 48.5 Å². The monoisotopic (exact) mass is 347 g/mol. The van der Waals surface area contributed by atoms with Gasteiger partial charge < -0.3 is 14.8 Å². The molecule has 2 aromatic carbocycles. The number of esters is 1. The third-order valence-electron chi connectivity index (χ3n) is 2.85. The molecule has 1 amide bonds. The third-order valence-corrected chi connectivity index (χ3v) is 3.08. The smallest absolute Gasteiger partial charge is 0.344 e. The van der Waals surface area contributed by atoms with Crippen LogP contribution in [-0.4, -0.2) is 31.4 Å². The lowest BCUT2D eigenvalue weighted by Crippen LogP contribution is -2.23. The molecule has 0 aliphatic heterocycles. The summed E-state index contributed by atoms with van der Waals surface area (Å²) in [5.74, 6) is -0.752. The average Bonchev–Trinajstić information content (AvgIpc) is 2.58. The van der Waals surface area contributed by atoms with E-state index in [4.69, 9.17) is 21.1 Å².